The molecule has 0 unspecified atom stereocenters. The summed E-state index contributed by atoms with van der Waals surface area (Å²) in [5.74, 6) is 1.87. The maximum absolute atomic E-state index is 5.32. The van der Waals surface area contributed by atoms with E-state index in [-0.39, 0.29) is 5.41 Å². The number of hydrogen-bond acceptors (Lipinski definition) is 3. The van der Waals surface area contributed by atoms with Gasteiger partial charge in [0.25, 0.3) is 0 Å². The van der Waals surface area contributed by atoms with Gasteiger partial charge >= 0.3 is 0 Å². The van der Waals surface area contributed by atoms with Gasteiger partial charge in [0.2, 0.25) is 0 Å². The van der Waals surface area contributed by atoms with Crippen molar-refractivity contribution in [2.24, 2.45) is 0 Å². The highest BCUT2D eigenvalue weighted by atomic mass is 15.0. The van der Waals surface area contributed by atoms with E-state index in [4.69, 9.17) is 15.0 Å². The highest BCUT2D eigenvalue weighted by Crippen LogP contribution is 2.53. The van der Waals surface area contributed by atoms with Crippen LogP contribution in [0.25, 0.3) is 117 Å². The molecule has 0 saturated carbocycles. The molecule has 0 aliphatic heterocycles. The van der Waals surface area contributed by atoms with Crippen molar-refractivity contribution in [1.82, 2.24) is 19.5 Å². The zero-order valence-corrected chi connectivity index (χ0v) is 36.6. The van der Waals surface area contributed by atoms with Crippen molar-refractivity contribution in [3.63, 3.8) is 0 Å². The van der Waals surface area contributed by atoms with Crippen LogP contribution in [0.3, 0.4) is 0 Å². The van der Waals surface area contributed by atoms with Crippen LogP contribution in [0.4, 0.5) is 0 Å². The fourth-order valence-corrected chi connectivity index (χ4v) is 10.7. The van der Waals surface area contributed by atoms with Crippen LogP contribution < -0.4 is 0 Å². The van der Waals surface area contributed by atoms with Crippen molar-refractivity contribution in [2.45, 2.75) is 19.3 Å². The molecule has 0 N–H and O–H groups in total. The first-order chi connectivity index (χ1) is 32.5. The molecule has 0 bridgehead atoms. The predicted octanol–water partition coefficient (Wildman–Crippen LogP) is 15.9. The van der Waals surface area contributed by atoms with Gasteiger partial charge in [-0.15, -0.1) is 0 Å². The fourth-order valence-electron chi connectivity index (χ4n) is 10.7. The van der Waals surface area contributed by atoms with Crippen molar-refractivity contribution in [1.29, 1.82) is 0 Å². The summed E-state index contributed by atoms with van der Waals surface area (Å²) in [4.78, 5) is 15.9. The molecule has 310 valence electrons. The summed E-state index contributed by atoms with van der Waals surface area (Å²) < 4.78 is 2.47. The number of benzene rings is 10. The lowest BCUT2D eigenvalue weighted by molar-refractivity contribution is 0.667. The zero-order valence-electron chi connectivity index (χ0n) is 36.6. The molecule has 4 heteroatoms. The summed E-state index contributed by atoms with van der Waals surface area (Å²) in [6, 6.07) is 78.3. The van der Waals surface area contributed by atoms with Gasteiger partial charge in [-0.3, -0.25) is 0 Å². The van der Waals surface area contributed by atoms with Crippen molar-refractivity contribution in [2.75, 3.05) is 0 Å². The molecule has 10 aromatic carbocycles. The van der Waals surface area contributed by atoms with Crippen molar-refractivity contribution >= 4 is 43.4 Å². The summed E-state index contributed by atoms with van der Waals surface area (Å²) in [6.45, 7) is 4.78. The Kier molecular flexibility index (Phi) is 8.53. The normalized spacial score (nSPS) is 12.8. The second-order valence-electron chi connectivity index (χ2n) is 18.0. The SMILES string of the molecule is CC1(C)c2cc3c(cc2-c2ccc4ccccc4c21)c1ccccc1n3-c1ccc(-c2nc(-c3cccc(-c4ccccc4)c3)nc(-c3cccc(-c4ccccc4)c3)n2)c2ccccc12. The van der Waals surface area contributed by atoms with Gasteiger partial charge in [-0.05, 0) is 103 Å². The van der Waals surface area contributed by atoms with Crippen LogP contribution in [0.15, 0.2) is 218 Å². The lowest BCUT2D eigenvalue weighted by atomic mass is 9.80. The third-order valence-corrected chi connectivity index (χ3v) is 13.8. The summed E-state index contributed by atoms with van der Waals surface area (Å²) in [5.41, 5.74) is 16.0. The standard InChI is InChI=1S/C62H42N4/c1-62(2)54-38-57-53(37-52(54)50-32-31-41-21-9-10-26-46(41)58(50)62)49-29-13-14-30-55(49)66(57)56-34-33-51(47-27-11-12-28-48(47)56)61-64-59(44-24-15-22-42(35-44)39-17-5-3-6-18-39)63-60(65-61)45-25-16-23-43(36-45)40-19-7-4-8-20-40/h3-38H,1-2H3. The van der Waals surface area contributed by atoms with Crippen molar-refractivity contribution in [3.05, 3.63) is 230 Å². The van der Waals surface area contributed by atoms with E-state index in [1.54, 1.807) is 0 Å². The van der Waals surface area contributed by atoms with Crippen molar-refractivity contribution < 1.29 is 0 Å². The lowest BCUT2D eigenvalue weighted by Gasteiger charge is -2.23. The van der Waals surface area contributed by atoms with E-state index in [2.05, 4.69) is 225 Å². The smallest absolute Gasteiger partial charge is 0.164 e. The van der Waals surface area contributed by atoms with E-state index in [0.717, 1.165) is 55.4 Å². The summed E-state index contributed by atoms with van der Waals surface area (Å²) >= 11 is 0. The van der Waals surface area contributed by atoms with Crippen LogP contribution in [-0.2, 0) is 5.41 Å². The molecule has 1 aliphatic rings. The minimum atomic E-state index is -0.192. The molecule has 0 spiro atoms. The second kappa shape index (κ2) is 14.8. The number of aromatic nitrogens is 4. The van der Waals surface area contributed by atoms with E-state index in [9.17, 15) is 0 Å². The number of nitrogens with zero attached hydrogens (tertiary/aromatic N) is 4. The molecule has 4 nitrogen and oxygen atoms in total. The molecular formula is C62H42N4. The molecule has 12 aromatic rings. The van der Waals surface area contributed by atoms with Crippen LogP contribution >= 0.6 is 0 Å². The Balaban J connectivity index is 1.01. The Morgan fingerprint density at radius 1 is 0.333 bits per heavy atom. The third-order valence-electron chi connectivity index (χ3n) is 13.8. The lowest BCUT2D eigenvalue weighted by Crippen LogP contribution is -2.15. The average Bonchev–Trinajstić information content (AvgIpc) is 3.83. The molecular weight excluding hydrogens is 801 g/mol. The van der Waals surface area contributed by atoms with Crippen molar-refractivity contribution in [3.8, 4) is 73.2 Å². The van der Waals surface area contributed by atoms with Gasteiger partial charge in [-0.2, -0.15) is 0 Å². The van der Waals surface area contributed by atoms with Crippen LogP contribution in [-0.4, -0.2) is 19.5 Å². The zero-order chi connectivity index (χ0) is 43.9. The van der Waals surface area contributed by atoms with Gasteiger partial charge in [-0.1, -0.05) is 190 Å². The Hall–Kier alpha value is -8.47. The average molecular weight is 843 g/mol. The monoisotopic (exact) mass is 842 g/mol. The van der Waals surface area contributed by atoms with Gasteiger partial charge < -0.3 is 4.57 Å². The van der Waals surface area contributed by atoms with Gasteiger partial charge in [0.05, 0.1) is 16.7 Å². The first-order valence-corrected chi connectivity index (χ1v) is 22.7. The quantitative estimate of drug-likeness (QED) is 0.167. The molecule has 1 aliphatic carbocycles. The topological polar surface area (TPSA) is 43.6 Å². The largest absolute Gasteiger partial charge is 0.309 e. The first kappa shape index (κ1) is 38.0. The maximum Gasteiger partial charge on any atom is 0.164 e. The van der Waals surface area contributed by atoms with Crippen LogP contribution in [0.5, 0.6) is 0 Å². The van der Waals surface area contributed by atoms with Gasteiger partial charge in [0, 0.05) is 38.3 Å². The van der Waals surface area contributed by atoms with Gasteiger partial charge in [0.1, 0.15) is 0 Å². The number of fused-ring (bicyclic) bond motifs is 9. The van der Waals surface area contributed by atoms with Gasteiger partial charge in [0.15, 0.2) is 17.5 Å². The third kappa shape index (κ3) is 5.95. The van der Waals surface area contributed by atoms with E-state index in [1.807, 2.05) is 12.1 Å². The molecule has 66 heavy (non-hydrogen) atoms. The highest BCUT2D eigenvalue weighted by molar-refractivity contribution is 6.14. The highest BCUT2D eigenvalue weighted by Gasteiger charge is 2.38. The van der Waals surface area contributed by atoms with E-state index in [0.29, 0.717) is 17.5 Å². The Labute approximate surface area is 383 Å². The summed E-state index contributed by atoms with van der Waals surface area (Å²) in [7, 11) is 0. The fraction of sp³-hybridized carbons (Fsp3) is 0.0484. The molecule has 0 atom stereocenters. The van der Waals surface area contributed by atoms with Crippen LogP contribution in [0.2, 0.25) is 0 Å². The van der Waals surface area contributed by atoms with E-state index >= 15 is 0 Å². The Morgan fingerprint density at radius 2 is 0.864 bits per heavy atom. The number of para-hydroxylation sites is 1. The minimum absolute atomic E-state index is 0.192. The second-order valence-corrected chi connectivity index (χ2v) is 18.0. The number of hydrogen-bond donors (Lipinski definition) is 0. The summed E-state index contributed by atoms with van der Waals surface area (Å²) in [6.07, 6.45) is 0. The van der Waals surface area contributed by atoms with Gasteiger partial charge in [-0.25, -0.2) is 15.0 Å². The summed E-state index contributed by atoms with van der Waals surface area (Å²) in [5, 5.41) is 7.27. The van der Waals surface area contributed by atoms with Crippen LogP contribution in [0, 0.1) is 0 Å². The first-order valence-electron chi connectivity index (χ1n) is 22.7. The van der Waals surface area contributed by atoms with Crippen LogP contribution in [0.1, 0.15) is 25.0 Å². The predicted molar refractivity (Wildman–Crippen MR) is 274 cm³/mol. The molecule has 2 heterocycles. The van der Waals surface area contributed by atoms with E-state index < -0.39 is 0 Å². The molecule has 0 radical (unpaired) electrons. The Bertz CT molecular complexity index is 3800. The Morgan fingerprint density at radius 3 is 1.55 bits per heavy atom. The molecule has 0 amide bonds. The molecule has 13 rings (SSSR count). The number of rotatable bonds is 6. The maximum atomic E-state index is 5.32. The van der Waals surface area contributed by atoms with E-state index in [1.165, 1.54) is 54.8 Å². The molecule has 0 fully saturated rings. The minimum Gasteiger partial charge on any atom is -0.309 e. The molecule has 0 saturated heterocycles. The molecule has 2 aromatic heterocycles.